The molecule has 3 unspecified atom stereocenters. The Hall–Kier alpha value is -0.120. The molecule has 3 nitrogen and oxygen atoms in total. The van der Waals surface area contributed by atoms with Gasteiger partial charge in [-0.3, -0.25) is 0 Å². The van der Waals surface area contributed by atoms with E-state index in [0.717, 1.165) is 25.1 Å². The minimum Gasteiger partial charge on any atom is -0.377 e. The average molecular weight is 296 g/mol. The van der Waals surface area contributed by atoms with Crippen LogP contribution in [0.15, 0.2) is 0 Å². The van der Waals surface area contributed by atoms with E-state index in [1.165, 1.54) is 51.7 Å². The van der Waals surface area contributed by atoms with Crippen molar-refractivity contribution in [1.82, 2.24) is 10.2 Å². The summed E-state index contributed by atoms with van der Waals surface area (Å²) in [5.41, 5.74) is 0.517. The molecule has 0 aromatic heterocycles. The first-order valence-electron chi connectivity index (χ1n) is 9.07. The highest BCUT2D eigenvalue weighted by atomic mass is 16.5. The first-order chi connectivity index (χ1) is 10.00. The zero-order valence-electron chi connectivity index (χ0n) is 14.7. The maximum absolute atomic E-state index is 5.80. The molecule has 0 aromatic carbocycles. The first-order valence-corrected chi connectivity index (χ1v) is 9.07. The summed E-state index contributed by atoms with van der Waals surface area (Å²) in [4.78, 5) is 2.66. The van der Waals surface area contributed by atoms with Crippen molar-refractivity contribution in [3.63, 3.8) is 0 Å². The molecule has 1 saturated heterocycles. The van der Waals surface area contributed by atoms with Crippen LogP contribution in [0.2, 0.25) is 0 Å². The number of rotatable bonds is 5. The normalized spacial score (nSPS) is 34.6. The van der Waals surface area contributed by atoms with Gasteiger partial charge in [-0.1, -0.05) is 20.8 Å². The highest BCUT2D eigenvalue weighted by Crippen LogP contribution is 2.39. The molecule has 1 aliphatic carbocycles. The predicted molar refractivity (Wildman–Crippen MR) is 89.7 cm³/mol. The van der Waals surface area contributed by atoms with Crippen molar-refractivity contribution >= 4 is 0 Å². The van der Waals surface area contributed by atoms with Crippen molar-refractivity contribution in [2.45, 2.75) is 71.9 Å². The average Bonchev–Trinajstić information content (AvgIpc) is 2.61. The van der Waals surface area contributed by atoms with Gasteiger partial charge in [0.1, 0.15) is 0 Å². The Bertz CT molecular complexity index is 306. The largest absolute Gasteiger partial charge is 0.377 e. The van der Waals surface area contributed by atoms with Gasteiger partial charge < -0.3 is 15.0 Å². The lowest BCUT2D eigenvalue weighted by Gasteiger charge is -2.43. The van der Waals surface area contributed by atoms with Crippen molar-refractivity contribution in [3.8, 4) is 0 Å². The van der Waals surface area contributed by atoms with Crippen LogP contribution in [0.25, 0.3) is 0 Å². The van der Waals surface area contributed by atoms with E-state index in [4.69, 9.17) is 4.74 Å². The second-order valence-electron chi connectivity index (χ2n) is 8.02. The standard InChI is InChI=1S/C18H36N2O/c1-5-9-19-17-7-8-18(3,4)12-16(17)14-20-10-6-11-21-15(2)13-20/h15-17,19H,5-14H2,1-4H3. The summed E-state index contributed by atoms with van der Waals surface area (Å²) in [5.74, 6) is 0.797. The van der Waals surface area contributed by atoms with Crippen LogP contribution in [0.5, 0.6) is 0 Å². The molecule has 21 heavy (non-hydrogen) atoms. The molecule has 2 aliphatic rings. The Morgan fingerprint density at radius 1 is 1.33 bits per heavy atom. The SMILES string of the molecule is CCCNC1CCC(C)(C)CC1CN1CCCOC(C)C1. The van der Waals surface area contributed by atoms with Crippen LogP contribution in [0.1, 0.15) is 59.8 Å². The second-order valence-corrected chi connectivity index (χ2v) is 8.02. The van der Waals surface area contributed by atoms with E-state index >= 15 is 0 Å². The maximum atomic E-state index is 5.80. The molecule has 1 saturated carbocycles. The van der Waals surface area contributed by atoms with Gasteiger partial charge in [0.25, 0.3) is 0 Å². The Balaban J connectivity index is 1.94. The van der Waals surface area contributed by atoms with Crippen molar-refractivity contribution < 1.29 is 4.74 Å². The fourth-order valence-electron chi connectivity index (χ4n) is 4.10. The van der Waals surface area contributed by atoms with E-state index in [-0.39, 0.29) is 0 Å². The number of nitrogens with one attached hydrogen (secondary N) is 1. The van der Waals surface area contributed by atoms with Gasteiger partial charge in [0, 0.05) is 32.3 Å². The van der Waals surface area contributed by atoms with Crippen LogP contribution in [-0.4, -0.2) is 49.8 Å². The molecule has 0 aromatic rings. The third kappa shape index (κ3) is 5.54. The molecule has 0 spiro atoms. The van der Waals surface area contributed by atoms with Gasteiger partial charge >= 0.3 is 0 Å². The monoisotopic (exact) mass is 296 g/mol. The Morgan fingerprint density at radius 3 is 2.90 bits per heavy atom. The van der Waals surface area contributed by atoms with Crippen LogP contribution in [0.4, 0.5) is 0 Å². The van der Waals surface area contributed by atoms with Crippen LogP contribution in [0.3, 0.4) is 0 Å². The molecular formula is C18H36N2O. The Labute approximate surface area is 131 Å². The molecule has 124 valence electrons. The van der Waals surface area contributed by atoms with Gasteiger partial charge in [-0.05, 0) is 56.9 Å². The molecule has 2 rings (SSSR count). The summed E-state index contributed by atoms with van der Waals surface area (Å²) in [6.07, 6.45) is 6.89. The van der Waals surface area contributed by atoms with Gasteiger partial charge in [-0.15, -0.1) is 0 Å². The number of nitrogens with zero attached hydrogens (tertiary/aromatic N) is 1. The molecule has 0 amide bonds. The fourth-order valence-corrected chi connectivity index (χ4v) is 4.10. The van der Waals surface area contributed by atoms with Crippen molar-refractivity contribution in [2.75, 3.05) is 32.8 Å². The number of ether oxygens (including phenoxy) is 1. The predicted octanol–water partition coefficient (Wildman–Crippen LogP) is 3.29. The lowest BCUT2D eigenvalue weighted by Crippen LogP contribution is -2.48. The van der Waals surface area contributed by atoms with E-state index in [2.05, 4.69) is 37.9 Å². The summed E-state index contributed by atoms with van der Waals surface area (Å²) in [5, 5.41) is 3.82. The van der Waals surface area contributed by atoms with Crippen molar-refractivity contribution in [3.05, 3.63) is 0 Å². The summed E-state index contributed by atoms with van der Waals surface area (Å²) in [6, 6.07) is 0.720. The first kappa shape index (κ1) is 17.2. The quantitative estimate of drug-likeness (QED) is 0.842. The van der Waals surface area contributed by atoms with Gasteiger partial charge in [0.2, 0.25) is 0 Å². The maximum Gasteiger partial charge on any atom is 0.0673 e. The van der Waals surface area contributed by atoms with Crippen molar-refractivity contribution in [1.29, 1.82) is 0 Å². The van der Waals surface area contributed by atoms with E-state index in [1.807, 2.05) is 0 Å². The summed E-state index contributed by atoms with van der Waals surface area (Å²) < 4.78 is 5.80. The summed E-state index contributed by atoms with van der Waals surface area (Å²) in [7, 11) is 0. The number of hydrogen-bond donors (Lipinski definition) is 1. The summed E-state index contributed by atoms with van der Waals surface area (Å²) in [6.45, 7) is 15.1. The van der Waals surface area contributed by atoms with E-state index < -0.39 is 0 Å². The second kappa shape index (κ2) is 7.94. The highest BCUT2D eigenvalue weighted by Gasteiger charge is 2.35. The fraction of sp³-hybridized carbons (Fsp3) is 1.00. The molecular weight excluding hydrogens is 260 g/mol. The molecule has 2 fully saturated rings. The van der Waals surface area contributed by atoms with Gasteiger partial charge in [-0.25, -0.2) is 0 Å². The smallest absolute Gasteiger partial charge is 0.0673 e. The Kier molecular flexibility index (Phi) is 6.51. The molecule has 0 bridgehead atoms. The van der Waals surface area contributed by atoms with Gasteiger partial charge in [0.05, 0.1) is 6.10 Å². The Morgan fingerprint density at radius 2 is 2.14 bits per heavy atom. The number of hydrogen-bond acceptors (Lipinski definition) is 3. The molecule has 3 atom stereocenters. The molecule has 1 N–H and O–H groups in total. The summed E-state index contributed by atoms with van der Waals surface area (Å²) >= 11 is 0. The van der Waals surface area contributed by atoms with Gasteiger partial charge in [0.15, 0.2) is 0 Å². The van der Waals surface area contributed by atoms with Crippen molar-refractivity contribution in [2.24, 2.45) is 11.3 Å². The lowest BCUT2D eigenvalue weighted by atomic mass is 9.69. The zero-order chi connectivity index (χ0) is 15.3. The lowest BCUT2D eigenvalue weighted by molar-refractivity contribution is 0.0560. The van der Waals surface area contributed by atoms with Crippen LogP contribution in [-0.2, 0) is 4.74 Å². The van der Waals surface area contributed by atoms with E-state index in [9.17, 15) is 0 Å². The third-order valence-electron chi connectivity index (χ3n) is 5.20. The zero-order valence-corrected chi connectivity index (χ0v) is 14.7. The van der Waals surface area contributed by atoms with E-state index in [1.54, 1.807) is 0 Å². The topological polar surface area (TPSA) is 24.5 Å². The van der Waals surface area contributed by atoms with Crippen LogP contribution in [0, 0.1) is 11.3 Å². The molecule has 1 heterocycles. The molecule has 1 aliphatic heterocycles. The van der Waals surface area contributed by atoms with Gasteiger partial charge in [-0.2, -0.15) is 0 Å². The van der Waals surface area contributed by atoms with Crippen LogP contribution < -0.4 is 5.32 Å². The third-order valence-corrected chi connectivity index (χ3v) is 5.20. The highest BCUT2D eigenvalue weighted by molar-refractivity contribution is 4.90. The van der Waals surface area contributed by atoms with Crippen LogP contribution >= 0.6 is 0 Å². The van der Waals surface area contributed by atoms with E-state index in [0.29, 0.717) is 11.5 Å². The minimum atomic E-state index is 0.395. The molecule has 3 heteroatoms. The minimum absolute atomic E-state index is 0.395. The molecule has 0 radical (unpaired) electrons.